The molecule has 6 rings (SSSR count). The number of fused-ring (bicyclic) bond motifs is 3. The molecule has 0 spiro atoms. The van der Waals surface area contributed by atoms with Gasteiger partial charge in [0.2, 0.25) is 0 Å². The predicted octanol–water partition coefficient (Wildman–Crippen LogP) is 8.17. The topological polar surface area (TPSA) is 84.7 Å². The van der Waals surface area contributed by atoms with Gasteiger partial charge in [0.1, 0.15) is 11.3 Å². The number of allylic oxidation sites excluding steroid dienone is 5. The van der Waals surface area contributed by atoms with Gasteiger partial charge < -0.3 is 15.2 Å². The van der Waals surface area contributed by atoms with Crippen LogP contribution in [0.4, 0.5) is 27.8 Å². The maximum atomic E-state index is 13.5. The molecule has 236 valence electrons. The third-order valence-electron chi connectivity index (χ3n) is 7.57. The first kappa shape index (κ1) is 31.1. The quantitative estimate of drug-likeness (QED) is 0.157. The molecule has 0 atom stereocenters. The van der Waals surface area contributed by atoms with Crippen molar-refractivity contribution in [2.75, 3.05) is 18.4 Å². The number of alkyl halides is 3. The van der Waals surface area contributed by atoms with Crippen LogP contribution in [0.15, 0.2) is 90.6 Å². The van der Waals surface area contributed by atoms with Crippen LogP contribution in [0.1, 0.15) is 34.1 Å². The zero-order valence-electron chi connectivity index (χ0n) is 24.5. The first-order chi connectivity index (χ1) is 22.1. The molecule has 0 radical (unpaired) electrons. The molecule has 13 heteroatoms. The van der Waals surface area contributed by atoms with Gasteiger partial charge in [0.25, 0.3) is 5.91 Å². The van der Waals surface area contributed by atoms with Gasteiger partial charge in [0.05, 0.1) is 34.7 Å². The van der Waals surface area contributed by atoms with E-state index in [2.05, 4.69) is 43.1 Å². The van der Waals surface area contributed by atoms with Crippen LogP contribution in [0.25, 0.3) is 32.4 Å². The van der Waals surface area contributed by atoms with Crippen molar-refractivity contribution >= 4 is 45.0 Å². The van der Waals surface area contributed by atoms with E-state index in [9.17, 15) is 26.7 Å². The number of amides is 1. The van der Waals surface area contributed by atoms with Crippen molar-refractivity contribution in [3.05, 3.63) is 107 Å². The smallest absolute Gasteiger partial charge is 0.369 e. The van der Waals surface area contributed by atoms with E-state index in [-0.39, 0.29) is 24.3 Å². The molecule has 1 aliphatic carbocycles. The molecule has 4 heterocycles. The SMILES string of the molecule is CCn1cnc2cnc3ccc(-c4ccc(CCNc5ncc(C(F)(F)F)cc5C(=O)NCC5=CC=C(F)C(F)=CC5)s4)cc3c21. The van der Waals surface area contributed by atoms with Gasteiger partial charge in [-0.15, -0.1) is 11.3 Å². The van der Waals surface area contributed by atoms with Crippen LogP contribution in [0.5, 0.6) is 0 Å². The van der Waals surface area contributed by atoms with Crippen LogP contribution < -0.4 is 10.6 Å². The van der Waals surface area contributed by atoms with Gasteiger partial charge in [-0.2, -0.15) is 13.2 Å². The number of imidazole rings is 1. The molecular formula is C33H27F5N6OS. The Bertz CT molecular complexity index is 2040. The Morgan fingerprint density at radius 2 is 1.85 bits per heavy atom. The monoisotopic (exact) mass is 650 g/mol. The normalized spacial score (nSPS) is 13.7. The summed E-state index contributed by atoms with van der Waals surface area (Å²) in [4.78, 5) is 28.0. The number of carbonyl (C=O) groups is 1. The molecule has 1 amide bonds. The Morgan fingerprint density at radius 1 is 1.00 bits per heavy atom. The Hall–Kier alpha value is -4.91. The van der Waals surface area contributed by atoms with E-state index < -0.39 is 29.3 Å². The van der Waals surface area contributed by atoms with Crippen LogP contribution in [0.3, 0.4) is 0 Å². The van der Waals surface area contributed by atoms with E-state index in [1.165, 1.54) is 6.08 Å². The number of hydrogen-bond donors (Lipinski definition) is 2. The zero-order chi connectivity index (χ0) is 32.4. The third kappa shape index (κ3) is 6.54. The summed E-state index contributed by atoms with van der Waals surface area (Å²) in [7, 11) is 0. The number of anilines is 1. The van der Waals surface area contributed by atoms with Crippen molar-refractivity contribution < 1.29 is 26.7 Å². The molecule has 0 bridgehead atoms. The number of pyridine rings is 2. The Kier molecular flexibility index (Phi) is 8.67. The molecule has 0 unspecified atom stereocenters. The zero-order valence-corrected chi connectivity index (χ0v) is 25.3. The minimum Gasteiger partial charge on any atom is -0.369 e. The van der Waals surface area contributed by atoms with Gasteiger partial charge in [0, 0.05) is 41.0 Å². The average molecular weight is 651 g/mol. The molecule has 1 aliphatic rings. The van der Waals surface area contributed by atoms with E-state index in [0.29, 0.717) is 24.7 Å². The summed E-state index contributed by atoms with van der Waals surface area (Å²) in [5.74, 6) is -2.86. The van der Waals surface area contributed by atoms with Gasteiger partial charge in [0.15, 0.2) is 11.7 Å². The maximum Gasteiger partial charge on any atom is 0.417 e. The van der Waals surface area contributed by atoms with E-state index in [0.717, 1.165) is 62.0 Å². The number of hydrogen-bond acceptors (Lipinski definition) is 6. The first-order valence-electron chi connectivity index (χ1n) is 14.4. The molecule has 0 saturated heterocycles. The van der Waals surface area contributed by atoms with Crippen molar-refractivity contribution in [3.8, 4) is 10.4 Å². The minimum absolute atomic E-state index is 0.00686. The molecule has 1 aromatic carbocycles. The van der Waals surface area contributed by atoms with Crippen LogP contribution in [-0.4, -0.2) is 38.5 Å². The Labute approximate surface area is 264 Å². The van der Waals surface area contributed by atoms with Crippen LogP contribution in [-0.2, 0) is 19.1 Å². The van der Waals surface area contributed by atoms with Gasteiger partial charge in [-0.25, -0.2) is 18.7 Å². The lowest BCUT2D eigenvalue weighted by molar-refractivity contribution is -0.137. The number of carbonyl (C=O) groups excluding carboxylic acids is 1. The Balaban J connectivity index is 1.16. The highest BCUT2D eigenvalue weighted by atomic mass is 32.1. The van der Waals surface area contributed by atoms with Crippen LogP contribution in [0.2, 0.25) is 0 Å². The minimum atomic E-state index is -4.71. The molecule has 46 heavy (non-hydrogen) atoms. The molecule has 0 aliphatic heterocycles. The number of thiophene rings is 1. The van der Waals surface area contributed by atoms with Crippen molar-refractivity contribution in [1.82, 2.24) is 24.8 Å². The molecule has 0 fully saturated rings. The maximum absolute atomic E-state index is 13.5. The van der Waals surface area contributed by atoms with E-state index in [1.807, 2.05) is 30.6 Å². The second-order valence-electron chi connectivity index (χ2n) is 10.6. The van der Waals surface area contributed by atoms with E-state index >= 15 is 0 Å². The molecule has 4 aromatic heterocycles. The summed E-state index contributed by atoms with van der Waals surface area (Å²) in [6.07, 6.45) is 3.41. The molecule has 5 aromatic rings. The number of aryl methyl sites for hydroxylation is 1. The van der Waals surface area contributed by atoms with Crippen molar-refractivity contribution in [1.29, 1.82) is 0 Å². The summed E-state index contributed by atoms with van der Waals surface area (Å²) in [6.45, 7) is 3.03. The van der Waals surface area contributed by atoms with E-state index in [4.69, 9.17) is 0 Å². The van der Waals surface area contributed by atoms with Crippen molar-refractivity contribution in [2.45, 2.75) is 32.5 Å². The summed E-state index contributed by atoms with van der Waals surface area (Å²) in [5.41, 5.74) is 2.87. The highest BCUT2D eigenvalue weighted by molar-refractivity contribution is 7.15. The number of nitrogens with one attached hydrogen (secondary N) is 2. The number of aromatic nitrogens is 4. The van der Waals surface area contributed by atoms with Gasteiger partial charge in [-0.1, -0.05) is 12.1 Å². The fourth-order valence-electron chi connectivity index (χ4n) is 5.13. The van der Waals surface area contributed by atoms with E-state index in [1.54, 1.807) is 17.5 Å². The fraction of sp³-hybridized carbons (Fsp3) is 0.212. The lowest BCUT2D eigenvalue weighted by atomic mass is 10.1. The van der Waals surface area contributed by atoms with Crippen molar-refractivity contribution in [2.24, 2.45) is 0 Å². The number of rotatable bonds is 9. The Morgan fingerprint density at radius 3 is 2.65 bits per heavy atom. The summed E-state index contributed by atoms with van der Waals surface area (Å²) in [6, 6.07) is 10.9. The average Bonchev–Trinajstić information content (AvgIpc) is 3.67. The second-order valence-corrected chi connectivity index (χ2v) is 11.8. The summed E-state index contributed by atoms with van der Waals surface area (Å²) >= 11 is 1.59. The molecule has 7 nitrogen and oxygen atoms in total. The first-order valence-corrected chi connectivity index (χ1v) is 15.3. The predicted molar refractivity (Wildman–Crippen MR) is 169 cm³/mol. The summed E-state index contributed by atoms with van der Waals surface area (Å²) < 4.78 is 69.5. The van der Waals surface area contributed by atoms with Crippen LogP contribution in [0, 0.1) is 0 Å². The van der Waals surface area contributed by atoms with Gasteiger partial charge >= 0.3 is 6.18 Å². The van der Waals surface area contributed by atoms with Crippen molar-refractivity contribution in [3.63, 3.8) is 0 Å². The molecule has 2 N–H and O–H groups in total. The highest BCUT2D eigenvalue weighted by Gasteiger charge is 2.32. The van der Waals surface area contributed by atoms with Gasteiger partial charge in [-0.05, 0) is 73.4 Å². The lowest BCUT2D eigenvalue weighted by Gasteiger charge is -2.14. The standard InChI is InChI=1S/C33H27F5N6OS/c1-2-44-18-43-28-17-40-27-9-5-20(13-23(27)30(28)44)29-10-6-22(46-29)11-12-39-31-24(14-21(16-41-31)33(36,37)38)32(45)42-15-19-3-7-25(34)26(35)8-4-19/h3,5-10,13-14,16-18H,2,4,11-12,15H2,1H3,(H,39,41)(H,42,45). The number of benzene rings is 1. The third-order valence-corrected chi connectivity index (χ3v) is 8.76. The fourth-order valence-corrected chi connectivity index (χ4v) is 6.13. The molecular weight excluding hydrogens is 623 g/mol. The van der Waals surface area contributed by atoms with Crippen LogP contribution >= 0.6 is 11.3 Å². The summed E-state index contributed by atoms with van der Waals surface area (Å²) in [5, 5.41) is 6.55. The largest absolute Gasteiger partial charge is 0.417 e. The highest BCUT2D eigenvalue weighted by Crippen LogP contribution is 2.34. The van der Waals surface area contributed by atoms with Gasteiger partial charge in [-0.3, -0.25) is 9.78 Å². The number of halogens is 5. The second kappa shape index (κ2) is 12.8. The molecule has 0 saturated carbocycles. The number of nitrogens with zero attached hydrogens (tertiary/aromatic N) is 4. The lowest BCUT2D eigenvalue weighted by Crippen LogP contribution is -2.27.